The van der Waals surface area contributed by atoms with E-state index in [2.05, 4.69) is 15.5 Å². The number of anilines is 1. The normalized spacial score (nSPS) is 11.7. The van der Waals surface area contributed by atoms with Gasteiger partial charge in [0, 0.05) is 11.3 Å². The molecule has 1 heterocycles. The van der Waals surface area contributed by atoms with Crippen LogP contribution in [0.15, 0.2) is 18.2 Å². The maximum absolute atomic E-state index is 11.5. The Kier molecular flexibility index (Phi) is 4.24. The molecule has 0 atom stereocenters. The van der Waals surface area contributed by atoms with Crippen molar-refractivity contribution >= 4 is 27.1 Å². The van der Waals surface area contributed by atoms with Gasteiger partial charge in [0.25, 0.3) is 0 Å². The van der Waals surface area contributed by atoms with Gasteiger partial charge in [-0.05, 0) is 22.6 Å². The van der Waals surface area contributed by atoms with E-state index in [-0.39, 0.29) is 18.1 Å². The number of tetrazole rings is 1. The summed E-state index contributed by atoms with van der Waals surface area (Å²) in [5.74, 6) is 0.457. The van der Waals surface area contributed by atoms with Gasteiger partial charge in [0.2, 0.25) is 0 Å². The number of rotatable bonds is 5. The van der Waals surface area contributed by atoms with E-state index in [4.69, 9.17) is 17.3 Å². The van der Waals surface area contributed by atoms with E-state index in [1.807, 2.05) is 0 Å². The molecule has 108 valence electrons. The number of hydrogen-bond donors (Lipinski definition) is 1. The minimum absolute atomic E-state index is 0.0263. The number of aromatic nitrogens is 4. The summed E-state index contributed by atoms with van der Waals surface area (Å²) in [5, 5.41) is 11.6. The van der Waals surface area contributed by atoms with E-state index < -0.39 is 9.84 Å². The van der Waals surface area contributed by atoms with Gasteiger partial charge >= 0.3 is 0 Å². The summed E-state index contributed by atoms with van der Waals surface area (Å²) in [6.07, 6.45) is 0. The Bertz CT molecular complexity index is 713. The van der Waals surface area contributed by atoms with Gasteiger partial charge in [-0.25, -0.2) is 13.1 Å². The number of aryl methyl sites for hydroxylation is 1. The van der Waals surface area contributed by atoms with E-state index in [0.717, 1.165) is 0 Å². The van der Waals surface area contributed by atoms with Crippen LogP contribution >= 0.6 is 11.6 Å². The molecule has 1 aromatic carbocycles. The third-order valence-corrected chi connectivity index (χ3v) is 4.96. The summed E-state index contributed by atoms with van der Waals surface area (Å²) >= 11 is 6.12. The molecule has 0 unspecified atom stereocenters. The van der Waals surface area contributed by atoms with E-state index in [0.29, 0.717) is 22.1 Å². The summed E-state index contributed by atoms with van der Waals surface area (Å²) in [7, 11) is -3.09. The standard InChI is InChI=1S/C11H14ClN5O2S/c1-2-20(18,19)7-6-17-11(14-15-16-17)8-4-3-5-9(13)10(8)12/h3-5H,2,6-7,13H2,1H3. The van der Waals surface area contributed by atoms with Crippen LogP contribution in [-0.2, 0) is 16.4 Å². The number of sulfone groups is 1. The summed E-state index contributed by atoms with van der Waals surface area (Å²) in [6, 6.07) is 5.13. The van der Waals surface area contributed by atoms with Gasteiger partial charge in [0.15, 0.2) is 15.7 Å². The first-order chi connectivity index (χ1) is 9.44. The minimum Gasteiger partial charge on any atom is -0.398 e. The zero-order chi connectivity index (χ0) is 14.8. The van der Waals surface area contributed by atoms with Crippen LogP contribution in [0.25, 0.3) is 11.4 Å². The lowest BCUT2D eigenvalue weighted by Crippen LogP contribution is -2.16. The van der Waals surface area contributed by atoms with Crippen molar-refractivity contribution < 1.29 is 8.42 Å². The molecule has 1 aromatic heterocycles. The summed E-state index contributed by atoms with van der Waals surface area (Å²) < 4.78 is 24.5. The van der Waals surface area contributed by atoms with Crippen molar-refractivity contribution in [3.63, 3.8) is 0 Å². The number of nitrogens with two attached hydrogens (primary N) is 1. The minimum atomic E-state index is -3.09. The second kappa shape index (κ2) is 5.76. The maximum Gasteiger partial charge on any atom is 0.183 e. The number of benzene rings is 1. The highest BCUT2D eigenvalue weighted by molar-refractivity contribution is 7.91. The molecule has 0 bridgehead atoms. The van der Waals surface area contributed by atoms with Gasteiger partial charge in [-0.15, -0.1) is 5.10 Å². The average molecular weight is 316 g/mol. The molecular formula is C11H14ClN5O2S. The van der Waals surface area contributed by atoms with Crippen molar-refractivity contribution in [1.29, 1.82) is 0 Å². The lowest BCUT2D eigenvalue weighted by Gasteiger charge is -2.07. The van der Waals surface area contributed by atoms with Gasteiger partial charge < -0.3 is 5.73 Å². The molecule has 0 aliphatic rings. The van der Waals surface area contributed by atoms with Gasteiger partial charge in [-0.1, -0.05) is 24.6 Å². The smallest absolute Gasteiger partial charge is 0.183 e. The molecule has 2 N–H and O–H groups in total. The molecule has 0 saturated carbocycles. The highest BCUT2D eigenvalue weighted by atomic mass is 35.5. The second-order valence-electron chi connectivity index (χ2n) is 4.17. The first kappa shape index (κ1) is 14.7. The highest BCUT2D eigenvalue weighted by Gasteiger charge is 2.16. The fourth-order valence-corrected chi connectivity index (χ4v) is 2.59. The van der Waals surface area contributed by atoms with Crippen LogP contribution in [0.2, 0.25) is 5.02 Å². The Morgan fingerprint density at radius 1 is 1.40 bits per heavy atom. The van der Waals surface area contributed by atoms with Crippen molar-refractivity contribution in [3.8, 4) is 11.4 Å². The van der Waals surface area contributed by atoms with Crippen molar-refractivity contribution in [2.45, 2.75) is 13.5 Å². The molecule has 0 aliphatic carbocycles. The topological polar surface area (TPSA) is 104 Å². The first-order valence-corrected chi connectivity index (χ1v) is 8.15. The maximum atomic E-state index is 11.5. The van der Waals surface area contributed by atoms with Gasteiger partial charge in [-0.2, -0.15) is 0 Å². The number of nitrogen functional groups attached to an aromatic ring is 1. The Hall–Kier alpha value is -1.67. The largest absolute Gasteiger partial charge is 0.398 e. The molecule has 20 heavy (non-hydrogen) atoms. The molecule has 0 radical (unpaired) electrons. The molecule has 7 nitrogen and oxygen atoms in total. The fourth-order valence-electron chi connectivity index (χ4n) is 1.64. The van der Waals surface area contributed by atoms with Crippen LogP contribution in [0.4, 0.5) is 5.69 Å². The van der Waals surface area contributed by atoms with Gasteiger partial charge in [-0.3, -0.25) is 0 Å². The molecule has 9 heteroatoms. The fraction of sp³-hybridized carbons (Fsp3) is 0.364. The predicted molar refractivity (Wildman–Crippen MR) is 77.0 cm³/mol. The number of halogens is 1. The lowest BCUT2D eigenvalue weighted by molar-refractivity contribution is 0.577. The molecule has 0 fully saturated rings. The Morgan fingerprint density at radius 2 is 2.15 bits per heavy atom. The highest BCUT2D eigenvalue weighted by Crippen LogP contribution is 2.30. The average Bonchev–Trinajstić information content (AvgIpc) is 2.88. The monoisotopic (exact) mass is 315 g/mol. The molecule has 2 aromatic rings. The van der Waals surface area contributed by atoms with Crippen molar-refractivity contribution in [2.75, 3.05) is 17.2 Å². The Labute approximate surface area is 121 Å². The Morgan fingerprint density at radius 3 is 2.85 bits per heavy atom. The molecule has 0 amide bonds. The van der Waals surface area contributed by atoms with Crippen LogP contribution in [0.3, 0.4) is 0 Å². The number of nitrogens with zero attached hydrogens (tertiary/aromatic N) is 4. The van der Waals surface area contributed by atoms with E-state index in [1.54, 1.807) is 25.1 Å². The second-order valence-corrected chi connectivity index (χ2v) is 7.02. The van der Waals surface area contributed by atoms with Crippen LogP contribution in [0, 0.1) is 0 Å². The van der Waals surface area contributed by atoms with Crippen LogP contribution < -0.4 is 5.73 Å². The molecule has 0 aliphatic heterocycles. The van der Waals surface area contributed by atoms with Crippen molar-refractivity contribution in [1.82, 2.24) is 20.2 Å². The van der Waals surface area contributed by atoms with E-state index in [1.165, 1.54) is 4.68 Å². The van der Waals surface area contributed by atoms with Gasteiger partial charge in [0.1, 0.15) is 0 Å². The quantitative estimate of drug-likeness (QED) is 0.826. The zero-order valence-corrected chi connectivity index (χ0v) is 12.4. The third kappa shape index (κ3) is 3.07. The zero-order valence-electron chi connectivity index (χ0n) is 10.8. The van der Waals surface area contributed by atoms with Gasteiger partial charge in [0.05, 0.1) is 23.0 Å². The van der Waals surface area contributed by atoms with Crippen LogP contribution in [-0.4, -0.2) is 40.1 Å². The van der Waals surface area contributed by atoms with Crippen molar-refractivity contribution in [2.24, 2.45) is 0 Å². The Balaban J connectivity index is 2.32. The summed E-state index contributed by atoms with van der Waals surface area (Å²) in [5.41, 5.74) is 6.73. The SMILES string of the molecule is CCS(=O)(=O)CCn1nnnc1-c1cccc(N)c1Cl. The van der Waals surface area contributed by atoms with Crippen LogP contribution in [0.1, 0.15) is 6.92 Å². The molecular weight excluding hydrogens is 302 g/mol. The predicted octanol–water partition coefficient (Wildman–Crippen LogP) is 1.01. The molecule has 0 spiro atoms. The molecule has 2 rings (SSSR count). The van der Waals surface area contributed by atoms with E-state index in [9.17, 15) is 8.42 Å². The summed E-state index contributed by atoms with van der Waals surface area (Å²) in [4.78, 5) is 0. The molecule has 0 saturated heterocycles. The third-order valence-electron chi connectivity index (χ3n) is 2.86. The lowest BCUT2D eigenvalue weighted by atomic mass is 10.2. The van der Waals surface area contributed by atoms with Crippen molar-refractivity contribution in [3.05, 3.63) is 23.2 Å². The number of hydrogen-bond acceptors (Lipinski definition) is 6. The van der Waals surface area contributed by atoms with Crippen LogP contribution in [0.5, 0.6) is 0 Å². The first-order valence-electron chi connectivity index (χ1n) is 5.95. The van der Waals surface area contributed by atoms with E-state index >= 15 is 0 Å². The summed E-state index contributed by atoms with van der Waals surface area (Å²) in [6.45, 7) is 1.77.